The second kappa shape index (κ2) is 8.30. The molecule has 0 amide bonds. The van der Waals surface area contributed by atoms with Crippen molar-refractivity contribution >= 4 is 33.2 Å². The van der Waals surface area contributed by atoms with Gasteiger partial charge in [0.2, 0.25) is 0 Å². The maximum Gasteiger partial charge on any atom is 0.265 e. The summed E-state index contributed by atoms with van der Waals surface area (Å²) in [7, 11) is 0. The quantitative estimate of drug-likeness (QED) is 0.363. The average Bonchev–Trinajstić information content (AvgIpc) is 3.11. The lowest BCUT2D eigenvalue weighted by Gasteiger charge is -2.07. The fourth-order valence-electron chi connectivity index (χ4n) is 4.12. The Bertz CT molecular complexity index is 1420. The third-order valence-electron chi connectivity index (χ3n) is 5.79. The molecule has 0 N–H and O–H groups in total. The third-order valence-corrected chi connectivity index (χ3v) is 5.79. The molecule has 0 unspecified atom stereocenters. The molecule has 0 saturated carbocycles. The third kappa shape index (κ3) is 3.58. The maximum atomic E-state index is 13.5. The summed E-state index contributed by atoms with van der Waals surface area (Å²) in [6, 6.07) is 18.0. The van der Waals surface area contributed by atoms with E-state index in [1.165, 1.54) is 5.56 Å². The van der Waals surface area contributed by atoms with Crippen LogP contribution in [0.4, 0.5) is 0 Å². The van der Waals surface area contributed by atoms with E-state index in [9.17, 15) is 4.79 Å². The van der Waals surface area contributed by atoms with Crippen molar-refractivity contribution in [2.24, 2.45) is 0 Å². The Labute approximate surface area is 180 Å². The monoisotopic (exact) mass is 411 g/mol. The molecule has 0 saturated heterocycles. The van der Waals surface area contributed by atoms with Crippen LogP contribution in [0.2, 0.25) is 0 Å². The van der Waals surface area contributed by atoms with Crippen molar-refractivity contribution in [3.8, 4) is 0 Å². The van der Waals surface area contributed by atoms with E-state index in [1.54, 1.807) is 10.9 Å². The summed E-state index contributed by atoms with van der Waals surface area (Å²) in [6.45, 7) is 3.54. The molecule has 0 aliphatic carbocycles. The van der Waals surface area contributed by atoms with Crippen LogP contribution in [0.15, 0.2) is 65.7 Å². The van der Waals surface area contributed by atoms with Crippen LogP contribution in [-0.4, -0.2) is 24.1 Å². The van der Waals surface area contributed by atoms with Gasteiger partial charge < -0.3 is 4.57 Å². The first-order valence-corrected chi connectivity index (χ1v) is 10.9. The van der Waals surface area contributed by atoms with Gasteiger partial charge >= 0.3 is 0 Å². The largest absolute Gasteiger partial charge is 0.308 e. The molecule has 0 aliphatic rings. The Morgan fingerprint density at radius 1 is 0.839 bits per heavy atom. The highest BCUT2D eigenvalue weighted by molar-refractivity contribution is 6.04. The minimum Gasteiger partial charge on any atom is -0.308 e. The SMILES string of the molecule is CCCCCn1c2nc3ccccc3nc2c2c(=O)n(CCc3ccccc3)cnc21. The summed E-state index contributed by atoms with van der Waals surface area (Å²) in [4.78, 5) is 27.9. The molecule has 0 radical (unpaired) electrons. The first kappa shape index (κ1) is 19.4. The number of hydrogen-bond donors (Lipinski definition) is 0. The molecule has 3 aromatic heterocycles. The van der Waals surface area contributed by atoms with Gasteiger partial charge in [0.25, 0.3) is 5.56 Å². The Hall–Kier alpha value is -3.54. The van der Waals surface area contributed by atoms with E-state index in [4.69, 9.17) is 15.0 Å². The van der Waals surface area contributed by atoms with Crippen molar-refractivity contribution in [3.05, 3.63) is 76.8 Å². The van der Waals surface area contributed by atoms with Gasteiger partial charge in [0.05, 0.1) is 17.4 Å². The number of rotatable bonds is 7. The van der Waals surface area contributed by atoms with Crippen molar-refractivity contribution in [1.82, 2.24) is 24.1 Å². The summed E-state index contributed by atoms with van der Waals surface area (Å²) in [6.07, 6.45) is 5.71. The predicted octanol–water partition coefficient (Wildman–Crippen LogP) is 4.73. The summed E-state index contributed by atoms with van der Waals surface area (Å²) < 4.78 is 3.77. The number of aromatic nitrogens is 5. The summed E-state index contributed by atoms with van der Waals surface area (Å²) in [5.41, 5.74) is 4.85. The smallest absolute Gasteiger partial charge is 0.265 e. The fourth-order valence-corrected chi connectivity index (χ4v) is 4.12. The Balaban J connectivity index is 1.66. The topological polar surface area (TPSA) is 65.6 Å². The Morgan fingerprint density at radius 3 is 2.35 bits per heavy atom. The molecule has 0 spiro atoms. The molecular weight excluding hydrogens is 386 g/mol. The first-order valence-electron chi connectivity index (χ1n) is 10.9. The molecule has 31 heavy (non-hydrogen) atoms. The first-order chi connectivity index (χ1) is 15.3. The minimum absolute atomic E-state index is 0.0512. The van der Waals surface area contributed by atoms with Crippen LogP contribution < -0.4 is 5.56 Å². The van der Waals surface area contributed by atoms with Crippen molar-refractivity contribution in [3.63, 3.8) is 0 Å². The van der Waals surface area contributed by atoms with Crippen LogP contribution in [0, 0.1) is 0 Å². The average molecular weight is 412 g/mol. The number of benzene rings is 2. The van der Waals surface area contributed by atoms with Crippen LogP contribution >= 0.6 is 0 Å². The van der Waals surface area contributed by atoms with Gasteiger partial charge in [-0.25, -0.2) is 15.0 Å². The van der Waals surface area contributed by atoms with Gasteiger partial charge in [-0.3, -0.25) is 9.36 Å². The molecule has 156 valence electrons. The number of para-hydroxylation sites is 2. The normalized spacial score (nSPS) is 11.6. The molecule has 0 bridgehead atoms. The van der Waals surface area contributed by atoms with Crippen LogP contribution in [-0.2, 0) is 19.5 Å². The van der Waals surface area contributed by atoms with Gasteiger partial charge in [-0.05, 0) is 30.5 Å². The van der Waals surface area contributed by atoms with Crippen LogP contribution in [0.5, 0.6) is 0 Å². The molecular formula is C25H25N5O. The van der Waals surface area contributed by atoms with Crippen LogP contribution in [0.3, 0.4) is 0 Å². The van der Waals surface area contributed by atoms with Gasteiger partial charge in [-0.2, -0.15) is 0 Å². The van der Waals surface area contributed by atoms with Crippen molar-refractivity contribution < 1.29 is 0 Å². The molecule has 3 heterocycles. The molecule has 5 rings (SSSR count). The highest BCUT2D eigenvalue weighted by Crippen LogP contribution is 2.25. The van der Waals surface area contributed by atoms with E-state index in [2.05, 4.69) is 23.6 Å². The van der Waals surface area contributed by atoms with Crippen LogP contribution in [0.25, 0.3) is 33.2 Å². The molecule has 2 aromatic carbocycles. The zero-order valence-corrected chi connectivity index (χ0v) is 17.7. The number of fused-ring (bicyclic) bond motifs is 4. The van der Waals surface area contributed by atoms with E-state index >= 15 is 0 Å². The van der Waals surface area contributed by atoms with Gasteiger partial charge in [-0.15, -0.1) is 0 Å². The highest BCUT2D eigenvalue weighted by Gasteiger charge is 2.19. The second-order valence-electron chi connectivity index (χ2n) is 7.92. The zero-order valence-electron chi connectivity index (χ0n) is 17.7. The predicted molar refractivity (Wildman–Crippen MR) is 124 cm³/mol. The minimum atomic E-state index is -0.0512. The summed E-state index contributed by atoms with van der Waals surface area (Å²) >= 11 is 0. The summed E-state index contributed by atoms with van der Waals surface area (Å²) in [5.74, 6) is 0. The lowest BCUT2D eigenvalue weighted by molar-refractivity contribution is 0.618. The number of hydrogen-bond acceptors (Lipinski definition) is 4. The molecule has 0 atom stereocenters. The molecule has 0 aliphatic heterocycles. The van der Waals surface area contributed by atoms with E-state index in [0.29, 0.717) is 23.1 Å². The standard InChI is InChI=1S/C25H25N5O/c1-2-3-9-15-30-23-21(22-24(30)28-20-13-8-7-12-19(20)27-22)25(31)29(17-26-23)16-14-18-10-5-4-6-11-18/h4-8,10-13,17H,2-3,9,14-16H2,1H3. The van der Waals surface area contributed by atoms with Gasteiger partial charge in [0.1, 0.15) is 10.9 Å². The second-order valence-corrected chi connectivity index (χ2v) is 7.92. The van der Waals surface area contributed by atoms with Crippen molar-refractivity contribution in [2.45, 2.75) is 45.7 Å². The Kier molecular flexibility index (Phi) is 5.20. The lowest BCUT2D eigenvalue weighted by atomic mass is 10.1. The fraction of sp³-hybridized carbons (Fsp3) is 0.280. The molecule has 5 aromatic rings. The van der Waals surface area contributed by atoms with Crippen LogP contribution in [0.1, 0.15) is 31.7 Å². The van der Waals surface area contributed by atoms with Crippen molar-refractivity contribution in [1.29, 1.82) is 0 Å². The maximum absolute atomic E-state index is 13.5. The highest BCUT2D eigenvalue weighted by atomic mass is 16.1. The van der Waals surface area contributed by atoms with Gasteiger partial charge in [0, 0.05) is 13.1 Å². The van der Waals surface area contributed by atoms with E-state index in [-0.39, 0.29) is 5.56 Å². The Morgan fingerprint density at radius 2 is 1.58 bits per heavy atom. The van der Waals surface area contributed by atoms with Gasteiger partial charge in [-0.1, -0.05) is 62.2 Å². The van der Waals surface area contributed by atoms with Gasteiger partial charge in [0.15, 0.2) is 11.3 Å². The zero-order chi connectivity index (χ0) is 21.2. The summed E-state index contributed by atoms with van der Waals surface area (Å²) in [5, 5.41) is 0.570. The lowest BCUT2D eigenvalue weighted by Crippen LogP contribution is -2.21. The number of aryl methyl sites for hydroxylation is 3. The molecule has 0 fully saturated rings. The van der Waals surface area contributed by atoms with E-state index < -0.39 is 0 Å². The van der Waals surface area contributed by atoms with E-state index in [1.807, 2.05) is 42.5 Å². The number of nitrogens with zero attached hydrogens (tertiary/aromatic N) is 5. The number of unbranched alkanes of at least 4 members (excludes halogenated alkanes) is 2. The van der Waals surface area contributed by atoms with E-state index in [0.717, 1.165) is 48.9 Å². The van der Waals surface area contributed by atoms with Crippen molar-refractivity contribution in [2.75, 3.05) is 0 Å². The molecule has 6 nitrogen and oxygen atoms in total. The molecule has 6 heteroatoms.